The molecule has 1 aromatic heterocycles. The maximum atomic E-state index is 11.5. The molecule has 138 valence electrons. The quantitative estimate of drug-likeness (QED) is 0.358. The first-order valence-corrected chi connectivity index (χ1v) is 9.02. The van der Waals surface area contributed by atoms with Crippen LogP contribution in [0.25, 0.3) is 6.08 Å². The predicted octanol–water partition coefficient (Wildman–Crippen LogP) is 4.16. The van der Waals surface area contributed by atoms with Crippen LogP contribution >= 0.6 is 0 Å². The average Bonchev–Trinajstić information content (AvgIpc) is 2.59. The number of hydrogen-bond acceptors (Lipinski definition) is 3. The van der Waals surface area contributed by atoms with Gasteiger partial charge in [-0.15, -0.1) is 0 Å². The van der Waals surface area contributed by atoms with Crippen LogP contribution in [-0.2, 0) is 4.74 Å². The number of allylic oxidation sites excluding steroid dienone is 3. The van der Waals surface area contributed by atoms with Crippen LogP contribution < -0.4 is 11.3 Å². The van der Waals surface area contributed by atoms with Gasteiger partial charge in [-0.3, -0.25) is 9.59 Å². The Labute approximate surface area is 150 Å². The number of unbranched alkanes of at least 4 members (excludes halogenated alkanes) is 4. The van der Waals surface area contributed by atoms with Gasteiger partial charge in [-0.1, -0.05) is 51.7 Å². The number of aromatic amines is 1. The summed E-state index contributed by atoms with van der Waals surface area (Å²) in [5, 5.41) is 0. The van der Waals surface area contributed by atoms with E-state index in [1.807, 2.05) is 19.1 Å². The SMILES string of the molecule is CCCCCCCO/C(C)=C(/C=C\c1c[nH]c(=O)c(C(N)=O)c1)CC. The van der Waals surface area contributed by atoms with Gasteiger partial charge < -0.3 is 15.5 Å². The smallest absolute Gasteiger partial charge is 0.260 e. The molecule has 1 rings (SSSR count). The second-order valence-corrected chi connectivity index (χ2v) is 6.07. The number of hydrogen-bond donors (Lipinski definition) is 2. The molecule has 5 nitrogen and oxygen atoms in total. The van der Waals surface area contributed by atoms with Gasteiger partial charge in [0.1, 0.15) is 5.56 Å². The summed E-state index contributed by atoms with van der Waals surface area (Å²) in [6.07, 6.45) is 12.2. The Bertz CT molecular complexity index is 672. The van der Waals surface area contributed by atoms with E-state index in [2.05, 4.69) is 18.8 Å². The lowest BCUT2D eigenvalue weighted by Crippen LogP contribution is -2.23. The van der Waals surface area contributed by atoms with Crippen LogP contribution in [0.4, 0.5) is 0 Å². The van der Waals surface area contributed by atoms with E-state index in [1.165, 1.54) is 31.7 Å². The molecular formula is C20H30N2O3. The Balaban J connectivity index is 2.70. The van der Waals surface area contributed by atoms with Crippen LogP contribution in [0.5, 0.6) is 0 Å². The highest BCUT2D eigenvalue weighted by Crippen LogP contribution is 2.15. The Morgan fingerprint density at radius 1 is 1.24 bits per heavy atom. The molecule has 0 aliphatic rings. The van der Waals surface area contributed by atoms with Crippen molar-refractivity contribution < 1.29 is 9.53 Å². The fourth-order valence-corrected chi connectivity index (χ4v) is 2.48. The van der Waals surface area contributed by atoms with Gasteiger partial charge in [0.2, 0.25) is 0 Å². The number of amides is 1. The van der Waals surface area contributed by atoms with Crippen LogP contribution in [-0.4, -0.2) is 17.5 Å². The zero-order valence-corrected chi connectivity index (χ0v) is 15.6. The van der Waals surface area contributed by atoms with E-state index in [0.29, 0.717) is 5.56 Å². The molecule has 0 unspecified atom stereocenters. The van der Waals surface area contributed by atoms with E-state index in [4.69, 9.17) is 10.5 Å². The number of carbonyl (C=O) groups excluding carboxylic acids is 1. The minimum Gasteiger partial charge on any atom is -0.498 e. The summed E-state index contributed by atoms with van der Waals surface area (Å²) in [4.78, 5) is 25.3. The number of H-pyrrole nitrogens is 1. The third-order valence-corrected chi connectivity index (χ3v) is 4.07. The fourth-order valence-electron chi connectivity index (χ4n) is 2.48. The summed E-state index contributed by atoms with van der Waals surface area (Å²) in [6.45, 7) is 6.97. The van der Waals surface area contributed by atoms with Crippen molar-refractivity contribution in [3.63, 3.8) is 0 Å². The highest BCUT2D eigenvalue weighted by atomic mass is 16.5. The predicted molar refractivity (Wildman–Crippen MR) is 102 cm³/mol. The second kappa shape index (κ2) is 11.3. The molecule has 0 bridgehead atoms. The first-order valence-electron chi connectivity index (χ1n) is 9.02. The van der Waals surface area contributed by atoms with E-state index in [-0.39, 0.29) is 5.56 Å². The van der Waals surface area contributed by atoms with Gasteiger partial charge >= 0.3 is 0 Å². The number of primary amides is 1. The Hall–Kier alpha value is -2.30. The fraction of sp³-hybridized carbons (Fsp3) is 0.500. The number of ether oxygens (including phenoxy) is 1. The van der Waals surface area contributed by atoms with Crippen LogP contribution in [0.15, 0.2) is 34.5 Å². The molecule has 0 fully saturated rings. The van der Waals surface area contributed by atoms with Gasteiger partial charge in [-0.05, 0) is 37.0 Å². The number of nitrogens with two attached hydrogens (primary N) is 1. The maximum Gasteiger partial charge on any atom is 0.260 e. The molecule has 5 heteroatoms. The molecule has 1 aromatic rings. The maximum absolute atomic E-state index is 11.5. The normalized spacial score (nSPS) is 12.3. The lowest BCUT2D eigenvalue weighted by molar-refractivity contribution is 0.0999. The number of nitrogens with one attached hydrogen (secondary N) is 1. The Morgan fingerprint density at radius 2 is 1.96 bits per heavy atom. The summed E-state index contributed by atoms with van der Waals surface area (Å²) in [6, 6.07) is 1.49. The molecule has 0 atom stereocenters. The molecule has 0 radical (unpaired) electrons. The van der Waals surface area contributed by atoms with E-state index in [0.717, 1.165) is 30.8 Å². The number of pyridine rings is 1. The third kappa shape index (κ3) is 7.42. The van der Waals surface area contributed by atoms with Crippen molar-refractivity contribution in [1.82, 2.24) is 4.98 Å². The van der Waals surface area contributed by atoms with E-state index in [1.54, 1.807) is 6.20 Å². The van der Waals surface area contributed by atoms with Gasteiger partial charge in [0, 0.05) is 6.20 Å². The van der Waals surface area contributed by atoms with Crippen LogP contribution in [0.2, 0.25) is 0 Å². The van der Waals surface area contributed by atoms with Crippen LogP contribution in [0.3, 0.4) is 0 Å². The molecule has 0 saturated heterocycles. The van der Waals surface area contributed by atoms with Crippen molar-refractivity contribution in [2.45, 2.75) is 59.3 Å². The molecule has 0 aromatic carbocycles. The van der Waals surface area contributed by atoms with Crippen molar-refractivity contribution in [2.24, 2.45) is 5.73 Å². The van der Waals surface area contributed by atoms with Gasteiger partial charge in [0.15, 0.2) is 0 Å². The van der Waals surface area contributed by atoms with Crippen molar-refractivity contribution >= 4 is 12.0 Å². The Morgan fingerprint density at radius 3 is 2.60 bits per heavy atom. The zero-order chi connectivity index (χ0) is 18.7. The summed E-state index contributed by atoms with van der Waals surface area (Å²) in [7, 11) is 0. The first-order chi connectivity index (χ1) is 12.0. The molecule has 0 aliphatic carbocycles. The molecule has 3 N–H and O–H groups in total. The molecular weight excluding hydrogens is 316 g/mol. The summed E-state index contributed by atoms with van der Waals surface area (Å²) >= 11 is 0. The largest absolute Gasteiger partial charge is 0.498 e. The minimum absolute atomic E-state index is 0.0378. The molecule has 1 heterocycles. The number of aromatic nitrogens is 1. The van der Waals surface area contributed by atoms with Crippen LogP contribution in [0, 0.1) is 0 Å². The van der Waals surface area contributed by atoms with Crippen molar-refractivity contribution in [3.05, 3.63) is 51.2 Å². The monoisotopic (exact) mass is 346 g/mol. The standard InChI is InChI=1S/C20H30N2O3/c1-4-6-7-8-9-12-25-15(3)17(5-2)11-10-16-13-18(19(21)23)20(24)22-14-16/h10-11,13-14H,4-9,12H2,1-3H3,(H2,21,23)(H,22,24)/b11-10-,17-15+. The highest BCUT2D eigenvalue weighted by Gasteiger charge is 2.06. The molecule has 0 saturated carbocycles. The summed E-state index contributed by atoms with van der Waals surface area (Å²) in [5.41, 5.74) is 6.49. The van der Waals surface area contributed by atoms with E-state index < -0.39 is 11.5 Å². The van der Waals surface area contributed by atoms with Gasteiger partial charge in [0.25, 0.3) is 11.5 Å². The zero-order valence-electron chi connectivity index (χ0n) is 15.6. The third-order valence-electron chi connectivity index (χ3n) is 4.07. The van der Waals surface area contributed by atoms with E-state index in [9.17, 15) is 9.59 Å². The van der Waals surface area contributed by atoms with Gasteiger partial charge in [0.05, 0.1) is 12.4 Å². The van der Waals surface area contributed by atoms with Crippen LogP contribution in [0.1, 0.15) is 75.2 Å². The highest BCUT2D eigenvalue weighted by molar-refractivity contribution is 5.92. The van der Waals surface area contributed by atoms with Gasteiger partial charge in [-0.2, -0.15) is 0 Å². The number of carbonyl (C=O) groups is 1. The van der Waals surface area contributed by atoms with Crippen molar-refractivity contribution in [3.8, 4) is 0 Å². The van der Waals surface area contributed by atoms with Crippen molar-refractivity contribution in [2.75, 3.05) is 6.61 Å². The molecule has 0 aliphatic heterocycles. The topological polar surface area (TPSA) is 85.2 Å². The van der Waals surface area contributed by atoms with E-state index >= 15 is 0 Å². The molecule has 1 amide bonds. The number of rotatable bonds is 11. The van der Waals surface area contributed by atoms with Crippen molar-refractivity contribution in [1.29, 1.82) is 0 Å². The minimum atomic E-state index is -0.731. The summed E-state index contributed by atoms with van der Waals surface area (Å²) in [5.74, 6) is 0.180. The summed E-state index contributed by atoms with van der Waals surface area (Å²) < 4.78 is 5.84. The lowest BCUT2D eigenvalue weighted by atomic mass is 10.1. The van der Waals surface area contributed by atoms with Gasteiger partial charge in [-0.25, -0.2) is 0 Å². The Kier molecular flexibility index (Phi) is 9.37. The second-order valence-electron chi connectivity index (χ2n) is 6.07. The molecule has 25 heavy (non-hydrogen) atoms. The molecule has 0 spiro atoms. The lowest BCUT2D eigenvalue weighted by Gasteiger charge is -2.10. The first kappa shape index (κ1) is 20.7. The average molecular weight is 346 g/mol.